The molecular formula is C13H21N5O. The molecule has 1 aliphatic heterocycles. The molecule has 2 fully saturated rings. The maximum Gasteiger partial charge on any atom is 0.274 e. The number of likely N-dealkylation sites (tertiary alicyclic amines) is 1. The SMILES string of the molecule is CN1CCCC(NC(=O)c2n[nH]c(C3CC3)c2N)C1. The van der Waals surface area contributed by atoms with Crippen LogP contribution in [0.3, 0.4) is 0 Å². The number of nitrogen functional groups attached to an aromatic ring is 1. The van der Waals surface area contributed by atoms with Gasteiger partial charge < -0.3 is 16.0 Å². The quantitative estimate of drug-likeness (QED) is 0.749. The van der Waals surface area contributed by atoms with Gasteiger partial charge in [-0.25, -0.2) is 0 Å². The highest BCUT2D eigenvalue weighted by atomic mass is 16.2. The number of aromatic nitrogens is 2. The second-order valence-corrected chi connectivity index (χ2v) is 5.75. The van der Waals surface area contributed by atoms with Gasteiger partial charge in [-0.2, -0.15) is 5.10 Å². The van der Waals surface area contributed by atoms with Gasteiger partial charge in [0.1, 0.15) is 0 Å². The summed E-state index contributed by atoms with van der Waals surface area (Å²) >= 11 is 0. The Morgan fingerprint density at radius 3 is 2.95 bits per heavy atom. The van der Waals surface area contributed by atoms with Crippen molar-refractivity contribution in [2.24, 2.45) is 0 Å². The van der Waals surface area contributed by atoms with Crippen molar-refractivity contribution >= 4 is 11.6 Å². The van der Waals surface area contributed by atoms with E-state index in [1.165, 1.54) is 0 Å². The Kier molecular flexibility index (Phi) is 3.18. The third-order valence-corrected chi connectivity index (χ3v) is 3.99. The lowest BCUT2D eigenvalue weighted by molar-refractivity contribution is 0.0908. The number of nitrogens with one attached hydrogen (secondary N) is 2. The molecule has 1 aromatic rings. The van der Waals surface area contributed by atoms with Gasteiger partial charge >= 0.3 is 0 Å². The molecule has 2 aliphatic rings. The molecule has 0 spiro atoms. The number of H-pyrrole nitrogens is 1. The molecule has 0 radical (unpaired) electrons. The van der Waals surface area contributed by atoms with E-state index in [0.29, 0.717) is 17.3 Å². The van der Waals surface area contributed by atoms with E-state index in [1.807, 2.05) is 0 Å². The summed E-state index contributed by atoms with van der Waals surface area (Å²) in [5.74, 6) is 0.329. The van der Waals surface area contributed by atoms with Crippen LogP contribution >= 0.6 is 0 Å². The Hall–Kier alpha value is -1.56. The first-order chi connectivity index (χ1) is 9.15. The fourth-order valence-electron chi connectivity index (χ4n) is 2.76. The van der Waals surface area contributed by atoms with Crippen LogP contribution < -0.4 is 11.1 Å². The molecule has 1 unspecified atom stereocenters. The summed E-state index contributed by atoms with van der Waals surface area (Å²) in [5, 5.41) is 10.0. The number of rotatable bonds is 3. The molecule has 6 heteroatoms. The minimum absolute atomic E-state index is 0.152. The van der Waals surface area contributed by atoms with Crippen molar-refractivity contribution in [2.45, 2.75) is 37.6 Å². The van der Waals surface area contributed by atoms with Gasteiger partial charge in [-0.05, 0) is 39.3 Å². The molecule has 1 aliphatic carbocycles. The molecule has 104 valence electrons. The largest absolute Gasteiger partial charge is 0.395 e. The van der Waals surface area contributed by atoms with Gasteiger partial charge in [0, 0.05) is 18.5 Å². The highest BCUT2D eigenvalue weighted by Gasteiger charge is 2.31. The number of carbonyl (C=O) groups excluding carboxylic acids is 1. The van der Waals surface area contributed by atoms with Gasteiger partial charge in [0.2, 0.25) is 0 Å². The number of carbonyl (C=O) groups is 1. The minimum Gasteiger partial charge on any atom is -0.395 e. The standard InChI is InChI=1S/C13H21N5O/c1-18-6-2-3-9(7-18)15-13(19)12-10(14)11(16-17-12)8-4-5-8/h8-9H,2-7,14H2,1H3,(H,15,19)(H,16,17). The van der Waals surface area contributed by atoms with Gasteiger partial charge in [-0.15, -0.1) is 0 Å². The maximum atomic E-state index is 12.2. The van der Waals surface area contributed by atoms with Gasteiger partial charge in [0.05, 0.1) is 11.4 Å². The third-order valence-electron chi connectivity index (χ3n) is 3.99. The summed E-state index contributed by atoms with van der Waals surface area (Å²) < 4.78 is 0. The minimum atomic E-state index is -0.152. The van der Waals surface area contributed by atoms with Gasteiger partial charge in [-0.3, -0.25) is 9.89 Å². The van der Waals surface area contributed by atoms with Crippen molar-refractivity contribution in [1.82, 2.24) is 20.4 Å². The summed E-state index contributed by atoms with van der Waals surface area (Å²) in [4.78, 5) is 14.4. The number of likely N-dealkylation sites (N-methyl/N-ethyl adjacent to an activating group) is 1. The number of anilines is 1. The average molecular weight is 263 g/mol. The van der Waals surface area contributed by atoms with Gasteiger partial charge in [-0.1, -0.05) is 0 Å². The molecule has 1 saturated carbocycles. The molecule has 3 rings (SSSR count). The molecule has 0 bridgehead atoms. The zero-order valence-corrected chi connectivity index (χ0v) is 11.3. The van der Waals surface area contributed by atoms with Crippen LogP contribution in [-0.4, -0.2) is 47.2 Å². The van der Waals surface area contributed by atoms with Crippen LogP contribution in [0, 0.1) is 0 Å². The van der Waals surface area contributed by atoms with Crippen molar-refractivity contribution < 1.29 is 4.79 Å². The molecule has 1 amide bonds. The monoisotopic (exact) mass is 263 g/mol. The lowest BCUT2D eigenvalue weighted by Gasteiger charge is -2.29. The predicted octanol–water partition coefficient (Wildman–Crippen LogP) is 0.693. The van der Waals surface area contributed by atoms with E-state index in [2.05, 4.69) is 27.5 Å². The number of nitrogens with zero attached hydrogens (tertiary/aromatic N) is 2. The van der Waals surface area contributed by atoms with Crippen LogP contribution in [-0.2, 0) is 0 Å². The number of aromatic amines is 1. The van der Waals surface area contributed by atoms with Gasteiger partial charge in [0.15, 0.2) is 5.69 Å². The summed E-state index contributed by atoms with van der Waals surface area (Å²) in [6.45, 7) is 1.99. The Morgan fingerprint density at radius 2 is 2.26 bits per heavy atom. The van der Waals surface area contributed by atoms with E-state index < -0.39 is 0 Å². The molecule has 19 heavy (non-hydrogen) atoms. The van der Waals surface area contributed by atoms with E-state index in [1.54, 1.807) is 0 Å². The van der Waals surface area contributed by atoms with E-state index >= 15 is 0 Å². The molecule has 1 saturated heterocycles. The molecule has 0 aromatic carbocycles. The van der Waals surface area contributed by atoms with Crippen LogP contribution in [0.25, 0.3) is 0 Å². The molecule has 6 nitrogen and oxygen atoms in total. The fourth-order valence-corrected chi connectivity index (χ4v) is 2.76. The van der Waals surface area contributed by atoms with Crippen LogP contribution in [0.5, 0.6) is 0 Å². The van der Waals surface area contributed by atoms with Crippen molar-refractivity contribution in [3.63, 3.8) is 0 Å². The predicted molar refractivity (Wildman–Crippen MR) is 73.0 cm³/mol. The van der Waals surface area contributed by atoms with Crippen LogP contribution in [0.2, 0.25) is 0 Å². The van der Waals surface area contributed by atoms with Crippen molar-refractivity contribution in [3.05, 3.63) is 11.4 Å². The number of piperidine rings is 1. The average Bonchev–Trinajstić information content (AvgIpc) is 3.13. The topological polar surface area (TPSA) is 87.0 Å². The smallest absolute Gasteiger partial charge is 0.274 e. The Labute approximate surface area is 112 Å². The summed E-state index contributed by atoms with van der Waals surface area (Å²) in [6.07, 6.45) is 4.42. The lowest BCUT2D eigenvalue weighted by atomic mass is 10.1. The zero-order valence-electron chi connectivity index (χ0n) is 11.3. The van der Waals surface area contributed by atoms with E-state index in [0.717, 1.165) is 44.5 Å². The van der Waals surface area contributed by atoms with E-state index in [4.69, 9.17) is 5.73 Å². The molecule has 4 N–H and O–H groups in total. The maximum absolute atomic E-state index is 12.2. The second kappa shape index (κ2) is 4.85. The fraction of sp³-hybridized carbons (Fsp3) is 0.692. The number of amides is 1. The summed E-state index contributed by atoms with van der Waals surface area (Å²) in [6, 6.07) is 0.201. The number of hydrogen-bond donors (Lipinski definition) is 3. The summed E-state index contributed by atoms with van der Waals surface area (Å²) in [7, 11) is 2.08. The molecule has 1 atom stereocenters. The first kappa shape index (κ1) is 12.5. The van der Waals surface area contributed by atoms with Gasteiger partial charge in [0.25, 0.3) is 5.91 Å². The van der Waals surface area contributed by atoms with Crippen LogP contribution in [0.15, 0.2) is 0 Å². The van der Waals surface area contributed by atoms with Crippen LogP contribution in [0.1, 0.15) is 47.8 Å². The molecule has 2 heterocycles. The van der Waals surface area contributed by atoms with E-state index in [-0.39, 0.29) is 11.9 Å². The molecular weight excluding hydrogens is 242 g/mol. The highest BCUT2D eigenvalue weighted by Crippen LogP contribution is 2.42. The summed E-state index contributed by atoms with van der Waals surface area (Å²) in [5.41, 5.74) is 7.84. The Morgan fingerprint density at radius 1 is 1.47 bits per heavy atom. The highest BCUT2D eigenvalue weighted by molar-refractivity contribution is 5.97. The van der Waals surface area contributed by atoms with Crippen LogP contribution in [0.4, 0.5) is 5.69 Å². The first-order valence-electron chi connectivity index (χ1n) is 6.98. The lowest BCUT2D eigenvalue weighted by Crippen LogP contribution is -2.46. The van der Waals surface area contributed by atoms with Crippen molar-refractivity contribution in [1.29, 1.82) is 0 Å². The molecule has 1 aromatic heterocycles. The van der Waals surface area contributed by atoms with Crippen molar-refractivity contribution in [3.8, 4) is 0 Å². The second-order valence-electron chi connectivity index (χ2n) is 5.75. The number of hydrogen-bond acceptors (Lipinski definition) is 4. The normalized spacial score (nSPS) is 24.4. The third kappa shape index (κ3) is 2.58. The number of nitrogens with two attached hydrogens (primary N) is 1. The Balaban J connectivity index is 1.66. The Bertz CT molecular complexity index is 479. The van der Waals surface area contributed by atoms with Crippen molar-refractivity contribution in [2.75, 3.05) is 25.9 Å². The first-order valence-corrected chi connectivity index (χ1v) is 6.98. The zero-order chi connectivity index (χ0) is 13.4. The van der Waals surface area contributed by atoms with E-state index in [9.17, 15) is 4.79 Å².